The predicted molar refractivity (Wildman–Crippen MR) is 169 cm³/mol. The van der Waals surface area contributed by atoms with Crippen LogP contribution in [-0.2, 0) is 19.9 Å². The maximum Gasteiger partial charge on any atom is 0.268 e. The standard InChI is InChI=1S/C35H31N5O4/c1-22(2)35(34(36)44,24-14-5-3-6-15-24)40-29-20-12-11-19-28(29)39(25-16-7-4-8-17-25)32(42)30(33(40)43)38-31(41)27-21-23-13-9-10-18-26(23)37-27/h3-22,30,37H,1-2H3,(H2,36,44)(H,38,41). The van der Waals surface area contributed by atoms with E-state index in [0.717, 1.165) is 10.9 Å². The molecule has 1 aromatic heterocycles. The van der Waals surface area contributed by atoms with Gasteiger partial charge in [-0.15, -0.1) is 0 Å². The largest absolute Gasteiger partial charge is 0.367 e. The predicted octanol–water partition coefficient (Wildman–Crippen LogP) is 5.01. The van der Waals surface area contributed by atoms with Crippen molar-refractivity contribution in [3.8, 4) is 0 Å². The lowest BCUT2D eigenvalue weighted by molar-refractivity contribution is -0.134. The highest BCUT2D eigenvalue weighted by atomic mass is 16.2. The molecule has 0 spiro atoms. The van der Waals surface area contributed by atoms with E-state index in [-0.39, 0.29) is 5.69 Å². The van der Waals surface area contributed by atoms with Crippen molar-refractivity contribution in [2.45, 2.75) is 25.4 Å². The number of nitrogens with zero attached hydrogens (tertiary/aromatic N) is 2. The number of nitrogens with two attached hydrogens (primary N) is 1. The Hall–Kier alpha value is -5.70. The molecule has 220 valence electrons. The fraction of sp³-hybridized carbons (Fsp3) is 0.143. The second-order valence-corrected chi connectivity index (χ2v) is 11.0. The van der Waals surface area contributed by atoms with E-state index in [2.05, 4.69) is 10.3 Å². The van der Waals surface area contributed by atoms with E-state index in [0.29, 0.717) is 22.6 Å². The van der Waals surface area contributed by atoms with Gasteiger partial charge >= 0.3 is 0 Å². The molecular formula is C35H31N5O4. The van der Waals surface area contributed by atoms with Crippen LogP contribution in [0.5, 0.6) is 0 Å². The zero-order valence-corrected chi connectivity index (χ0v) is 24.2. The van der Waals surface area contributed by atoms with Gasteiger partial charge in [-0.2, -0.15) is 0 Å². The van der Waals surface area contributed by atoms with Crippen LogP contribution in [-0.4, -0.2) is 34.7 Å². The van der Waals surface area contributed by atoms with Crippen LogP contribution in [0, 0.1) is 5.92 Å². The monoisotopic (exact) mass is 585 g/mol. The lowest BCUT2D eigenvalue weighted by atomic mass is 9.76. The Balaban J connectivity index is 1.59. The molecule has 0 radical (unpaired) electrons. The van der Waals surface area contributed by atoms with Gasteiger partial charge in [0.25, 0.3) is 17.7 Å². The number of fused-ring (bicyclic) bond motifs is 2. The summed E-state index contributed by atoms with van der Waals surface area (Å²) in [6.07, 6.45) is 0. The first-order valence-corrected chi connectivity index (χ1v) is 14.3. The first-order chi connectivity index (χ1) is 21.2. The summed E-state index contributed by atoms with van der Waals surface area (Å²) in [5, 5.41) is 3.50. The molecule has 2 heterocycles. The Bertz CT molecular complexity index is 1850. The van der Waals surface area contributed by atoms with Gasteiger partial charge in [0.2, 0.25) is 5.91 Å². The van der Waals surface area contributed by atoms with Gasteiger partial charge in [-0.1, -0.05) is 92.7 Å². The second kappa shape index (κ2) is 11.2. The Kier molecular flexibility index (Phi) is 7.22. The summed E-state index contributed by atoms with van der Waals surface area (Å²) in [5.41, 5.74) is 7.06. The van der Waals surface area contributed by atoms with E-state index >= 15 is 0 Å². The van der Waals surface area contributed by atoms with E-state index in [1.165, 1.54) is 9.80 Å². The van der Waals surface area contributed by atoms with Crippen molar-refractivity contribution in [3.05, 3.63) is 127 Å². The van der Waals surface area contributed by atoms with Crippen molar-refractivity contribution < 1.29 is 19.2 Å². The summed E-state index contributed by atoms with van der Waals surface area (Å²) in [5.74, 6) is -3.44. The van der Waals surface area contributed by atoms with Crippen LogP contribution in [0.3, 0.4) is 0 Å². The van der Waals surface area contributed by atoms with Gasteiger partial charge in [0.1, 0.15) is 5.69 Å². The number of amides is 4. The molecule has 2 atom stereocenters. The fourth-order valence-electron chi connectivity index (χ4n) is 6.13. The van der Waals surface area contributed by atoms with Crippen molar-refractivity contribution in [1.82, 2.24) is 10.3 Å². The molecule has 0 bridgehead atoms. The van der Waals surface area contributed by atoms with Crippen molar-refractivity contribution in [3.63, 3.8) is 0 Å². The molecule has 6 rings (SSSR count). The van der Waals surface area contributed by atoms with Crippen LogP contribution in [0.1, 0.15) is 29.9 Å². The van der Waals surface area contributed by atoms with E-state index in [1.807, 2.05) is 30.3 Å². The number of anilines is 3. The number of aromatic amines is 1. The fourth-order valence-corrected chi connectivity index (χ4v) is 6.13. The lowest BCUT2D eigenvalue weighted by Gasteiger charge is -2.45. The average Bonchev–Trinajstić information content (AvgIpc) is 3.45. The molecule has 9 nitrogen and oxygen atoms in total. The highest BCUT2D eigenvalue weighted by Gasteiger charge is 2.55. The van der Waals surface area contributed by atoms with Gasteiger partial charge in [0.15, 0.2) is 11.6 Å². The van der Waals surface area contributed by atoms with E-state index in [1.54, 1.807) is 98.8 Å². The summed E-state index contributed by atoms with van der Waals surface area (Å²) in [6.45, 7) is 3.60. The summed E-state index contributed by atoms with van der Waals surface area (Å²) in [6, 6.07) is 31.8. The van der Waals surface area contributed by atoms with Crippen molar-refractivity contribution in [2.24, 2.45) is 11.7 Å². The SMILES string of the molecule is CC(C)C(C(N)=O)(c1ccccc1)N1C(=O)C(NC(=O)c2cc3ccccc3[nH]2)C(=O)N(c2ccccc2)c2ccccc21. The molecule has 0 fully saturated rings. The molecule has 4 aromatic carbocycles. The molecule has 1 aliphatic heterocycles. The van der Waals surface area contributed by atoms with Gasteiger partial charge in [0.05, 0.1) is 11.4 Å². The molecule has 44 heavy (non-hydrogen) atoms. The zero-order valence-electron chi connectivity index (χ0n) is 24.2. The van der Waals surface area contributed by atoms with Gasteiger partial charge in [-0.25, -0.2) is 0 Å². The van der Waals surface area contributed by atoms with Crippen molar-refractivity contribution in [2.75, 3.05) is 9.80 Å². The molecule has 4 amide bonds. The van der Waals surface area contributed by atoms with Gasteiger partial charge in [-0.3, -0.25) is 29.0 Å². The molecule has 0 saturated carbocycles. The minimum atomic E-state index is -1.72. The van der Waals surface area contributed by atoms with Gasteiger partial charge in [-0.05, 0) is 47.9 Å². The van der Waals surface area contributed by atoms with Crippen LogP contribution in [0.2, 0.25) is 0 Å². The number of benzene rings is 4. The van der Waals surface area contributed by atoms with Crippen LogP contribution in [0.4, 0.5) is 17.1 Å². The Morgan fingerprint density at radius 2 is 1.39 bits per heavy atom. The molecule has 2 unspecified atom stereocenters. The zero-order chi connectivity index (χ0) is 31.0. The van der Waals surface area contributed by atoms with E-state index < -0.39 is 41.1 Å². The summed E-state index contributed by atoms with van der Waals surface area (Å²) >= 11 is 0. The average molecular weight is 586 g/mol. The summed E-state index contributed by atoms with van der Waals surface area (Å²) < 4.78 is 0. The first kappa shape index (κ1) is 28.4. The molecule has 0 saturated heterocycles. The van der Waals surface area contributed by atoms with Crippen molar-refractivity contribution in [1.29, 1.82) is 0 Å². The summed E-state index contributed by atoms with van der Waals surface area (Å²) in [7, 11) is 0. The lowest BCUT2D eigenvalue weighted by Crippen LogP contribution is -2.65. The van der Waals surface area contributed by atoms with Gasteiger partial charge in [0, 0.05) is 16.6 Å². The van der Waals surface area contributed by atoms with Crippen LogP contribution in [0.15, 0.2) is 115 Å². The second-order valence-electron chi connectivity index (χ2n) is 11.0. The number of H-pyrrole nitrogens is 1. The smallest absolute Gasteiger partial charge is 0.268 e. The molecule has 5 aromatic rings. The molecule has 0 aliphatic carbocycles. The number of aromatic nitrogens is 1. The Morgan fingerprint density at radius 3 is 2.02 bits per heavy atom. The number of hydrogen-bond acceptors (Lipinski definition) is 4. The van der Waals surface area contributed by atoms with Crippen molar-refractivity contribution >= 4 is 51.6 Å². The Morgan fingerprint density at radius 1 is 0.795 bits per heavy atom. The van der Waals surface area contributed by atoms with Crippen LogP contribution in [0.25, 0.3) is 10.9 Å². The number of nitrogens with one attached hydrogen (secondary N) is 2. The highest BCUT2D eigenvalue weighted by molar-refractivity contribution is 6.26. The number of carbonyl (C=O) groups is 4. The maximum absolute atomic E-state index is 14.9. The topological polar surface area (TPSA) is 129 Å². The number of primary amides is 1. The number of hydrogen-bond donors (Lipinski definition) is 3. The van der Waals surface area contributed by atoms with Crippen LogP contribution < -0.4 is 20.9 Å². The number of para-hydroxylation sites is 4. The molecular weight excluding hydrogens is 554 g/mol. The first-order valence-electron chi connectivity index (χ1n) is 14.3. The van der Waals surface area contributed by atoms with E-state index in [4.69, 9.17) is 5.73 Å². The number of rotatable bonds is 7. The minimum absolute atomic E-state index is 0.180. The van der Waals surface area contributed by atoms with E-state index in [9.17, 15) is 19.2 Å². The highest BCUT2D eigenvalue weighted by Crippen LogP contribution is 2.46. The quantitative estimate of drug-likeness (QED) is 0.232. The third-order valence-electron chi connectivity index (χ3n) is 8.14. The maximum atomic E-state index is 14.9. The van der Waals surface area contributed by atoms with Gasteiger partial charge < -0.3 is 16.0 Å². The third kappa shape index (κ3) is 4.50. The Labute approximate surface area is 254 Å². The minimum Gasteiger partial charge on any atom is -0.367 e. The molecule has 9 heteroatoms. The number of carbonyl (C=O) groups excluding carboxylic acids is 4. The third-order valence-corrected chi connectivity index (χ3v) is 8.14. The normalized spacial score (nSPS) is 16.4. The molecule has 1 aliphatic rings. The van der Waals surface area contributed by atoms with Crippen LogP contribution >= 0.6 is 0 Å². The summed E-state index contributed by atoms with van der Waals surface area (Å²) in [4.78, 5) is 62.7. The molecule has 4 N–H and O–H groups in total.